The number of hydrogen-bond acceptors (Lipinski definition) is 3. The number of benzene rings is 2. The van der Waals surface area contributed by atoms with Crippen LogP contribution in [0.2, 0.25) is 0 Å². The summed E-state index contributed by atoms with van der Waals surface area (Å²) in [5, 5.41) is 0. The van der Waals surface area contributed by atoms with E-state index in [1.165, 1.54) is 44.1 Å². The third-order valence-electron chi connectivity index (χ3n) is 7.73. The maximum absolute atomic E-state index is 13.1. The van der Waals surface area contributed by atoms with E-state index < -0.39 is 10.0 Å². The highest BCUT2D eigenvalue weighted by molar-refractivity contribution is 7.92. The largest absolute Gasteiger partial charge is 0.497 e. The number of nitrogens with one attached hydrogen (secondary N) is 1. The molecule has 1 N–H and O–H groups in total. The highest BCUT2D eigenvalue weighted by Gasteiger charge is 2.51. The quantitative estimate of drug-likeness (QED) is 0.680. The molecule has 0 spiro atoms. The molecule has 4 aliphatic rings. The van der Waals surface area contributed by atoms with Crippen LogP contribution in [0.15, 0.2) is 41.3 Å². The molecule has 0 aromatic heterocycles. The van der Waals surface area contributed by atoms with Crippen LogP contribution in [0.1, 0.15) is 55.2 Å². The van der Waals surface area contributed by atoms with Crippen molar-refractivity contribution in [2.24, 2.45) is 17.8 Å². The van der Waals surface area contributed by atoms with Crippen LogP contribution in [0.25, 0.3) is 0 Å². The van der Waals surface area contributed by atoms with Crippen molar-refractivity contribution < 1.29 is 13.2 Å². The molecule has 4 saturated carbocycles. The molecule has 5 heteroatoms. The Morgan fingerprint density at radius 2 is 1.40 bits per heavy atom. The average molecular weight is 426 g/mol. The molecule has 0 atom stereocenters. The summed E-state index contributed by atoms with van der Waals surface area (Å²) in [4.78, 5) is 0.327. The van der Waals surface area contributed by atoms with Crippen molar-refractivity contribution in [3.8, 4) is 5.75 Å². The minimum Gasteiger partial charge on any atom is -0.497 e. The molecule has 2 aromatic rings. The van der Waals surface area contributed by atoms with Gasteiger partial charge >= 0.3 is 0 Å². The fourth-order valence-electron chi connectivity index (χ4n) is 7.01. The molecule has 4 bridgehead atoms. The monoisotopic (exact) mass is 425 g/mol. The van der Waals surface area contributed by atoms with Crippen molar-refractivity contribution in [3.63, 3.8) is 0 Å². The second kappa shape index (κ2) is 7.01. The average Bonchev–Trinajstić information content (AvgIpc) is 2.66. The molecular weight excluding hydrogens is 394 g/mol. The Morgan fingerprint density at radius 1 is 0.900 bits per heavy atom. The lowest BCUT2D eigenvalue weighted by Crippen LogP contribution is -2.48. The SMILES string of the molecule is COc1cc(C)c(S(=O)(=O)Nc2ccc(C34CC5CC(CC(C5)C3)C4)cc2)c(C)c1. The van der Waals surface area contributed by atoms with E-state index in [4.69, 9.17) is 4.74 Å². The number of anilines is 1. The van der Waals surface area contributed by atoms with Crippen LogP contribution in [0.5, 0.6) is 5.75 Å². The smallest absolute Gasteiger partial charge is 0.262 e. The summed E-state index contributed by atoms with van der Waals surface area (Å²) in [6, 6.07) is 11.7. The van der Waals surface area contributed by atoms with Crippen LogP contribution >= 0.6 is 0 Å². The number of methoxy groups -OCH3 is 1. The molecule has 4 aliphatic carbocycles. The Morgan fingerprint density at radius 3 is 1.87 bits per heavy atom. The Balaban J connectivity index is 1.39. The second-order valence-electron chi connectivity index (χ2n) is 9.97. The summed E-state index contributed by atoms with van der Waals surface area (Å²) in [5.74, 6) is 3.37. The molecule has 2 aromatic carbocycles. The highest BCUT2D eigenvalue weighted by Crippen LogP contribution is 2.60. The van der Waals surface area contributed by atoms with Crippen molar-refractivity contribution in [1.29, 1.82) is 0 Å². The van der Waals surface area contributed by atoms with E-state index in [0.717, 1.165) is 17.8 Å². The van der Waals surface area contributed by atoms with Crippen LogP contribution in [0.3, 0.4) is 0 Å². The van der Waals surface area contributed by atoms with Gasteiger partial charge in [-0.05, 0) is 116 Å². The minimum atomic E-state index is -3.66. The molecule has 6 rings (SSSR count). The summed E-state index contributed by atoms with van der Waals surface area (Å²) in [5.41, 5.74) is 3.73. The van der Waals surface area contributed by atoms with E-state index in [1.54, 1.807) is 33.1 Å². The highest BCUT2D eigenvalue weighted by atomic mass is 32.2. The number of aryl methyl sites for hydroxylation is 2. The summed E-state index contributed by atoms with van der Waals surface area (Å²) in [7, 11) is -2.07. The normalized spacial score (nSPS) is 29.8. The lowest BCUT2D eigenvalue weighted by atomic mass is 9.48. The molecule has 0 unspecified atom stereocenters. The van der Waals surface area contributed by atoms with Crippen molar-refractivity contribution in [2.75, 3.05) is 11.8 Å². The van der Waals surface area contributed by atoms with Crippen LogP contribution < -0.4 is 9.46 Å². The zero-order valence-corrected chi connectivity index (χ0v) is 18.9. The Hall–Kier alpha value is -2.01. The number of ether oxygens (including phenoxy) is 1. The number of rotatable bonds is 5. The van der Waals surface area contributed by atoms with E-state index in [2.05, 4.69) is 16.9 Å². The van der Waals surface area contributed by atoms with Gasteiger partial charge in [-0.2, -0.15) is 0 Å². The van der Waals surface area contributed by atoms with E-state index in [9.17, 15) is 8.42 Å². The maximum Gasteiger partial charge on any atom is 0.262 e. The Labute approximate surface area is 180 Å². The van der Waals surface area contributed by atoms with Gasteiger partial charge in [0.15, 0.2) is 0 Å². The van der Waals surface area contributed by atoms with Crippen molar-refractivity contribution in [3.05, 3.63) is 53.1 Å². The predicted octanol–water partition coefficient (Wildman–Crippen LogP) is 5.58. The van der Waals surface area contributed by atoms with Crippen LogP contribution in [-0.4, -0.2) is 15.5 Å². The third-order valence-corrected chi connectivity index (χ3v) is 9.41. The molecule has 4 nitrogen and oxygen atoms in total. The third kappa shape index (κ3) is 3.31. The Kier molecular flexibility index (Phi) is 4.66. The fourth-order valence-corrected chi connectivity index (χ4v) is 8.53. The molecule has 30 heavy (non-hydrogen) atoms. The van der Waals surface area contributed by atoms with Gasteiger partial charge in [0.25, 0.3) is 10.0 Å². The van der Waals surface area contributed by atoms with E-state index in [1.807, 2.05) is 12.1 Å². The van der Waals surface area contributed by atoms with Crippen molar-refractivity contribution in [1.82, 2.24) is 0 Å². The summed E-state index contributed by atoms with van der Waals surface area (Å²) < 4.78 is 34.2. The van der Waals surface area contributed by atoms with E-state index in [-0.39, 0.29) is 0 Å². The minimum absolute atomic E-state index is 0.327. The standard InChI is InChI=1S/C25H31NO3S/c1-16-8-23(29-3)9-17(2)24(16)30(27,28)26-22-6-4-21(5-7-22)25-13-18-10-19(14-25)12-20(11-18)15-25/h4-9,18-20,26H,10-15H2,1-3H3. The van der Waals surface area contributed by atoms with E-state index >= 15 is 0 Å². The van der Waals surface area contributed by atoms with Gasteiger partial charge in [-0.15, -0.1) is 0 Å². The second-order valence-corrected chi connectivity index (χ2v) is 11.6. The summed E-state index contributed by atoms with van der Waals surface area (Å²) >= 11 is 0. The van der Waals surface area contributed by atoms with Gasteiger partial charge in [0.1, 0.15) is 5.75 Å². The van der Waals surface area contributed by atoms with Crippen LogP contribution in [-0.2, 0) is 15.4 Å². The zero-order chi connectivity index (χ0) is 21.1. The summed E-state index contributed by atoms with van der Waals surface area (Å²) in [6.07, 6.45) is 8.23. The molecule has 160 valence electrons. The first-order chi connectivity index (χ1) is 14.3. The van der Waals surface area contributed by atoms with Gasteiger partial charge in [-0.1, -0.05) is 12.1 Å². The topological polar surface area (TPSA) is 55.4 Å². The molecule has 0 radical (unpaired) electrons. The van der Waals surface area contributed by atoms with Gasteiger partial charge in [0.2, 0.25) is 0 Å². The molecule has 0 amide bonds. The predicted molar refractivity (Wildman–Crippen MR) is 120 cm³/mol. The molecule has 0 saturated heterocycles. The number of hydrogen-bond donors (Lipinski definition) is 1. The first kappa shape index (κ1) is 19.9. The van der Waals surface area contributed by atoms with Gasteiger partial charge in [0.05, 0.1) is 12.0 Å². The van der Waals surface area contributed by atoms with Gasteiger partial charge in [0, 0.05) is 5.69 Å². The van der Waals surface area contributed by atoms with Crippen LogP contribution in [0.4, 0.5) is 5.69 Å². The molecular formula is C25H31NO3S. The van der Waals surface area contributed by atoms with Crippen LogP contribution in [0, 0.1) is 31.6 Å². The van der Waals surface area contributed by atoms with Gasteiger partial charge in [-0.25, -0.2) is 8.42 Å². The first-order valence-corrected chi connectivity index (χ1v) is 12.5. The zero-order valence-electron chi connectivity index (χ0n) is 18.1. The van der Waals surface area contributed by atoms with Crippen molar-refractivity contribution >= 4 is 15.7 Å². The fraction of sp³-hybridized carbons (Fsp3) is 0.520. The first-order valence-electron chi connectivity index (χ1n) is 11.1. The molecule has 4 fully saturated rings. The number of sulfonamides is 1. The lowest BCUT2D eigenvalue weighted by molar-refractivity contribution is -0.00518. The van der Waals surface area contributed by atoms with Gasteiger partial charge < -0.3 is 4.74 Å². The summed E-state index contributed by atoms with van der Waals surface area (Å²) in [6.45, 7) is 3.61. The van der Waals surface area contributed by atoms with Crippen molar-refractivity contribution in [2.45, 2.75) is 62.7 Å². The maximum atomic E-state index is 13.1. The van der Waals surface area contributed by atoms with E-state index in [0.29, 0.717) is 32.9 Å². The van der Waals surface area contributed by atoms with Gasteiger partial charge in [-0.3, -0.25) is 4.72 Å². The molecule has 0 heterocycles. The molecule has 0 aliphatic heterocycles. The Bertz CT molecular complexity index is 1010. The lowest BCUT2D eigenvalue weighted by Gasteiger charge is -2.57.